The van der Waals surface area contributed by atoms with E-state index in [9.17, 15) is 0 Å². The van der Waals surface area contributed by atoms with Gasteiger partial charge in [0.2, 0.25) is 5.78 Å². The van der Waals surface area contributed by atoms with E-state index in [1.54, 1.807) is 0 Å². The van der Waals surface area contributed by atoms with Gasteiger partial charge in [-0.15, -0.1) is 0 Å². The van der Waals surface area contributed by atoms with E-state index in [0.29, 0.717) is 0 Å². The van der Waals surface area contributed by atoms with Gasteiger partial charge in [0.1, 0.15) is 5.52 Å². The van der Waals surface area contributed by atoms with Gasteiger partial charge in [0, 0.05) is 10.2 Å². The highest BCUT2D eigenvalue weighted by Crippen LogP contribution is 2.32. The Morgan fingerprint density at radius 1 is 0.621 bits per heavy atom. The van der Waals surface area contributed by atoms with E-state index < -0.39 is 0 Å². The van der Waals surface area contributed by atoms with Gasteiger partial charge in [0.05, 0.1) is 16.6 Å². The van der Waals surface area contributed by atoms with E-state index in [-0.39, 0.29) is 0 Å². The highest BCUT2D eigenvalue weighted by atomic mass is 79.9. The Kier molecular flexibility index (Phi) is 3.61. The van der Waals surface area contributed by atoms with Gasteiger partial charge in [-0.25, -0.2) is 4.98 Å². The third-order valence-electron chi connectivity index (χ3n) is 5.39. The smallest absolute Gasteiger partial charge is 0.220 e. The molecular formula is C25H16BrN3. The molecule has 0 spiro atoms. The zero-order valence-corrected chi connectivity index (χ0v) is 17.0. The molecule has 0 saturated heterocycles. The van der Waals surface area contributed by atoms with Gasteiger partial charge >= 0.3 is 0 Å². The molecule has 0 fully saturated rings. The van der Waals surface area contributed by atoms with Crippen LogP contribution < -0.4 is 0 Å². The third kappa shape index (κ3) is 2.46. The second-order valence-electron chi connectivity index (χ2n) is 7.10. The molecule has 138 valence electrons. The lowest BCUT2D eigenvalue weighted by atomic mass is 10.1. The number of fused-ring (bicyclic) bond motifs is 5. The first kappa shape index (κ1) is 16.6. The highest BCUT2D eigenvalue weighted by molar-refractivity contribution is 9.10. The van der Waals surface area contributed by atoms with Crippen LogP contribution in [0.15, 0.2) is 102 Å². The van der Waals surface area contributed by atoms with Crippen LogP contribution in [0, 0.1) is 0 Å². The fraction of sp³-hybridized carbons (Fsp3) is 0. The predicted molar refractivity (Wildman–Crippen MR) is 123 cm³/mol. The summed E-state index contributed by atoms with van der Waals surface area (Å²) in [4.78, 5) is 5.01. The number of benzene rings is 4. The largest absolute Gasteiger partial charge is 0.278 e. The normalized spacial score (nSPS) is 11.6. The molecule has 0 aliphatic rings. The maximum atomic E-state index is 5.01. The first-order valence-electron chi connectivity index (χ1n) is 9.53. The molecule has 2 heterocycles. The minimum Gasteiger partial charge on any atom is -0.278 e. The molecule has 0 aliphatic heterocycles. The zero-order chi connectivity index (χ0) is 19.4. The minimum absolute atomic E-state index is 0.915. The molecule has 0 amide bonds. The SMILES string of the molecule is Brc1cccc2c1nc1n(-c3cccc(-c4ccccc4)c3)c3ccccc3n21. The van der Waals surface area contributed by atoms with E-state index in [0.717, 1.165) is 38.0 Å². The lowest BCUT2D eigenvalue weighted by Crippen LogP contribution is -1.95. The second-order valence-corrected chi connectivity index (χ2v) is 7.95. The average molecular weight is 438 g/mol. The predicted octanol–water partition coefficient (Wildman–Crippen LogP) is 6.86. The lowest BCUT2D eigenvalue weighted by Gasteiger charge is -2.08. The molecule has 0 radical (unpaired) electrons. The monoisotopic (exact) mass is 437 g/mol. The molecule has 4 heteroatoms. The number of hydrogen-bond acceptors (Lipinski definition) is 1. The highest BCUT2D eigenvalue weighted by Gasteiger charge is 2.18. The summed E-state index contributed by atoms with van der Waals surface area (Å²) in [7, 11) is 0. The summed E-state index contributed by atoms with van der Waals surface area (Å²) in [5.41, 5.74) is 7.86. The first-order chi connectivity index (χ1) is 14.3. The second kappa shape index (κ2) is 6.33. The average Bonchev–Trinajstić information content (AvgIpc) is 3.30. The number of nitrogens with zero attached hydrogens (tertiary/aromatic N) is 3. The van der Waals surface area contributed by atoms with Crippen molar-refractivity contribution >= 4 is 43.8 Å². The maximum absolute atomic E-state index is 5.01. The maximum Gasteiger partial charge on any atom is 0.220 e. The zero-order valence-electron chi connectivity index (χ0n) is 15.5. The van der Waals surface area contributed by atoms with Crippen molar-refractivity contribution in [3.63, 3.8) is 0 Å². The molecular weight excluding hydrogens is 422 g/mol. The van der Waals surface area contributed by atoms with E-state index >= 15 is 0 Å². The lowest BCUT2D eigenvalue weighted by molar-refractivity contribution is 1.11. The van der Waals surface area contributed by atoms with Gasteiger partial charge in [-0.1, -0.05) is 60.7 Å². The van der Waals surface area contributed by atoms with Crippen molar-refractivity contribution in [2.75, 3.05) is 0 Å². The Bertz CT molecular complexity index is 1510. The van der Waals surface area contributed by atoms with Crippen molar-refractivity contribution in [2.45, 2.75) is 0 Å². The number of rotatable bonds is 2. The standard InChI is InChI=1S/C25H16BrN3/c26-20-12-7-15-23-24(20)27-25-28(21-13-4-5-14-22(21)29(23)25)19-11-6-10-18(16-19)17-8-2-1-3-9-17/h1-16H. The summed E-state index contributed by atoms with van der Waals surface area (Å²) in [6.07, 6.45) is 0. The first-order valence-corrected chi connectivity index (χ1v) is 10.3. The van der Waals surface area contributed by atoms with Crippen LogP contribution in [0.25, 0.3) is 44.7 Å². The summed E-state index contributed by atoms with van der Waals surface area (Å²) in [5.74, 6) is 0.915. The molecule has 0 unspecified atom stereocenters. The molecule has 0 N–H and O–H groups in total. The van der Waals surface area contributed by atoms with Crippen molar-refractivity contribution < 1.29 is 0 Å². The van der Waals surface area contributed by atoms with Gasteiger partial charge in [0.15, 0.2) is 0 Å². The summed E-state index contributed by atoms with van der Waals surface area (Å²) in [6, 6.07) is 33.8. The van der Waals surface area contributed by atoms with Crippen molar-refractivity contribution in [1.29, 1.82) is 0 Å². The minimum atomic E-state index is 0.915. The van der Waals surface area contributed by atoms with E-state index in [2.05, 4.69) is 110 Å². The Balaban J connectivity index is 1.71. The van der Waals surface area contributed by atoms with Crippen LogP contribution in [0.1, 0.15) is 0 Å². The molecule has 29 heavy (non-hydrogen) atoms. The molecule has 6 rings (SSSR count). The Morgan fingerprint density at radius 3 is 2.17 bits per heavy atom. The Hall–Kier alpha value is -3.37. The van der Waals surface area contributed by atoms with Gasteiger partial charge in [-0.3, -0.25) is 8.97 Å². The number of halogens is 1. The number of imidazole rings is 2. The van der Waals surface area contributed by atoms with Crippen molar-refractivity contribution in [3.05, 3.63) is 102 Å². The molecule has 4 aromatic carbocycles. The molecule has 6 aromatic rings. The third-order valence-corrected chi connectivity index (χ3v) is 6.03. The molecule has 2 aromatic heterocycles. The van der Waals surface area contributed by atoms with Crippen LogP contribution in [-0.4, -0.2) is 14.0 Å². The Labute approximate surface area is 176 Å². The van der Waals surface area contributed by atoms with Crippen LogP contribution in [0.4, 0.5) is 0 Å². The van der Waals surface area contributed by atoms with E-state index in [1.165, 1.54) is 11.1 Å². The molecule has 0 bridgehead atoms. The van der Waals surface area contributed by atoms with Gasteiger partial charge in [-0.2, -0.15) is 0 Å². The Morgan fingerprint density at radius 2 is 1.31 bits per heavy atom. The number of hydrogen-bond donors (Lipinski definition) is 0. The fourth-order valence-corrected chi connectivity index (χ4v) is 4.54. The molecule has 0 atom stereocenters. The van der Waals surface area contributed by atoms with Gasteiger partial charge < -0.3 is 0 Å². The van der Waals surface area contributed by atoms with Crippen LogP contribution in [0.2, 0.25) is 0 Å². The van der Waals surface area contributed by atoms with Crippen LogP contribution >= 0.6 is 15.9 Å². The quantitative estimate of drug-likeness (QED) is 0.290. The van der Waals surface area contributed by atoms with Crippen LogP contribution in [-0.2, 0) is 0 Å². The summed E-state index contributed by atoms with van der Waals surface area (Å²) in [6.45, 7) is 0. The van der Waals surface area contributed by atoms with Crippen LogP contribution in [0.3, 0.4) is 0 Å². The van der Waals surface area contributed by atoms with Gasteiger partial charge in [-0.05, 0) is 63.5 Å². The fourth-order valence-electron chi connectivity index (χ4n) is 4.10. The molecule has 3 nitrogen and oxygen atoms in total. The molecule has 0 saturated carbocycles. The van der Waals surface area contributed by atoms with E-state index in [1.807, 2.05) is 12.1 Å². The summed E-state index contributed by atoms with van der Waals surface area (Å²) < 4.78 is 5.49. The van der Waals surface area contributed by atoms with Gasteiger partial charge in [0.25, 0.3) is 0 Å². The van der Waals surface area contributed by atoms with Crippen molar-refractivity contribution in [1.82, 2.24) is 14.0 Å². The number of para-hydroxylation sites is 3. The summed E-state index contributed by atoms with van der Waals surface area (Å²) >= 11 is 3.66. The summed E-state index contributed by atoms with van der Waals surface area (Å²) in [5, 5.41) is 0. The van der Waals surface area contributed by atoms with Crippen LogP contribution in [0.5, 0.6) is 0 Å². The van der Waals surface area contributed by atoms with E-state index in [4.69, 9.17) is 4.98 Å². The van der Waals surface area contributed by atoms with Crippen molar-refractivity contribution in [2.24, 2.45) is 0 Å². The van der Waals surface area contributed by atoms with Crippen molar-refractivity contribution in [3.8, 4) is 16.8 Å². The number of aromatic nitrogens is 3. The topological polar surface area (TPSA) is 22.2 Å². The molecule has 0 aliphatic carbocycles.